The fourth-order valence-corrected chi connectivity index (χ4v) is 3.15. The van der Waals surface area contributed by atoms with E-state index < -0.39 is 0 Å². The van der Waals surface area contributed by atoms with E-state index in [4.69, 9.17) is 23.2 Å². The van der Waals surface area contributed by atoms with E-state index in [0.717, 1.165) is 5.69 Å². The van der Waals surface area contributed by atoms with Gasteiger partial charge in [0.25, 0.3) is 0 Å². The van der Waals surface area contributed by atoms with Gasteiger partial charge in [-0.05, 0) is 36.8 Å². The Hall–Kier alpha value is -2.14. The van der Waals surface area contributed by atoms with Crippen LogP contribution in [-0.2, 0) is 13.0 Å². The van der Waals surface area contributed by atoms with Gasteiger partial charge in [-0.15, -0.1) is 0 Å². The van der Waals surface area contributed by atoms with Gasteiger partial charge in [0.05, 0.1) is 10.7 Å². The lowest BCUT2D eigenvalue weighted by atomic mass is 10.0. The van der Waals surface area contributed by atoms with Crippen LogP contribution in [0, 0.1) is 0 Å². The molecule has 0 atom stereocenters. The molecule has 0 spiro atoms. The van der Waals surface area contributed by atoms with Crippen molar-refractivity contribution >= 4 is 29.0 Å². The van der Waals surface area contributed by atoms with Crippen molar-refractivity contribution in [2.45, 2.75) is 20.0 Å². The number of aryl methyl sites for hydroxylation is 1. The number of halogens is 2. The molecule has 0 saturated carbocycles. The Morgan fingerprint density at radius 1 is 1.16 bits per heavy atom. The number of rotatable bonds is 5. The highest BCUT2D eigenvalue weighted by molar-refractivity contribution is 6.35. The first-order valence-electron chi connectivity index (χ1n) is 7.82. The minimum absolute atomic E-state index is 0.234. The molecule has 1 heterocycles. The number of aliphatic hydroxyl groups excluding tert-OH is 1. The van der Waals surface area contributed by atoms with E-state index in [1.165, 1.54) is 0 Å². The van der Waals surface area contributed by atoms with E-state index in [2.05, 4.69) is 4.98 Å². The van der Waals surface area contributed by atoms with Crippen LogP contribution < -0.4 is 0 Å². The molecule has 0 unspecified atom stereocenters. The van der Waals surface area contributed by atoms with Crippen molar-refractivity contribution < 1.29 is 9.90 Å². The summed E-state index contributed by atoms with van der Waals surface area (Å²) in [5.74, 6) is 0.232. The van der Waals surface area contributed by atoms with Gasteiger partial charge in [0, 0.05) is 28.0 Å². The third-order valence-electron chi connectivity index (χ3n) is 3.97. The zero-order chi connectivity index (χ0) is 18.0. The quantitative estimate of drug-likeness (QED) is 0.670. The van der Waals surface area contributed by atoms with Crippen molar-refractivity contribution in [2.75, 3.05) is 0 Å². The summed E-state index contributed by atoms with van der Waals surface area (Å²) in [7, 11) is 0. The van der Waals surface area contributed by atoms with Crippen LogP contribution in [0.25, 0.3) is 5.69 Å². The number of aliphatic hydroxyl groups is 1. The lowest BCUT2D eigenvalue weighted by Gasteiger charge is -2.15. The van der Waals surface area contributed by atoms with Crippen molar-refractivity contribution in [1.29, 1.82) is 0 Å². The zero-order valence-corrected chi connectivity index (χ0v) is 15.1. The topological polar surface area (TPSA) is 55.1 Å². The molecule has 6 heteroatoms. The van der Waals surface area contributed by atoms with Crippen LogP contribution in [0.5, 0.6) is 0 Å². The molecule has 0 aliphatic rings. The van der Waals surface area contributed by atoms with E-state index in [-0.39, 0.29) is 12.4 Å². The minimum Gasteiger partial charge on any atom is -0.388 e. The monoisotopic (exact) mass is 374 g/mol. The van der Waals surface area contributed by atoms with Crippen LogP contribution in [-0.4, -0.2) is 20.4 Å². The molecule has 0 amide bonds. The van der Waals surface area contributed by atoms with Gasteiger partial charge in [0.15, 0.2) is 5.78 Å². The number of benzene rings is 2. The molecule has 1 N–H and O–H groups in total. The van der Waals surface area contributed by atoms with Crippen molar-refractivity contribution in [1.82, 2.24) is 9.55 Å². The number of hydrogen-bond donors (Lipinski definition) is 1. The molecular weight excluding hydrogens is 359 g/mol. The van der Waals surface area contributed by atoms with Gasteiger partial charge in [0.1, 0.15) is 12.4 Å². The lowest BCUT2D eigenvalue weighted by Crippen LogP contribution is -2.12. The van der Waals surface area contributed by atoms with E-state index in [9.17, 15) is 9.90 Å². The fourth-order valence-electron chi connectivity index (χ4n) is 2.76. The third-order valence-corrected chi connectivity index (χ3v) is 4.54. The molecule has 0 aliphatic heterocycles. The highest BCUT2D eigenvalue weighted by Crippen LogP contribution is 2.27. The van der Waals surface area contributed by atoms with E-state index in [0.29, 0.717) is 39.1 Å². The first-order valence-corrected chi connectivity index (χ1v) is 8.58. The maximum absolute atomic E-state index is 13.1. The molecule has 0 radical (unpaired) electrons. The summed E-state index contributed by atoms with van der Waals surface area (Å²) in [5.41, 5.74) is 2.31. The molecule has 25 heavy (non-hydrogen) atoms. The van der Waals surface area contributed by atoms with Crippen LogP contribution in [0.4, 0.5) is 0 Å². The molecule has 0 aliphatic carbocycles. The van der Waals surface area contributed by atoms with Crippen LogP contribution >= 0.6 is 23.2 Å². The molecule has 128 valence electrons. The normalized spacial score (nSPS) is 10.9. The first-order chi connectivity index (χ1) is 12.1. The van der Waals surface area contributed by atoms with E-state index in [1.54, 1.807) is 53.2 Å². The van der Waals surface area contributed by atoms with Crippen LogP contribution in [0.15, 0.2) is 48.7 Å². The standard InChI is InChI=1S/C19H16Cl2N2O2/c1-2-13-10-22-18(11-24)23(13)17-8-7-12(20)9-15(17)19(25)14-5-3-4-6-16(14)21/h3-10,24H,2,11H2,1H3. The number of imidazole rings is 1. The second-order valence-electron chi connectivity index (χ2n) is 5.48. The highest BCUT2D eigenvalue weighted by atomic mass is 35.5. The predicted octanol–water partition coefficient (Wildman–Crippen LogP) is 4.46. The Labute approximate surface area is 155 Å². The average Bonchev–Trinajstić information content (AvgIpc) is 3.04. The van der Waals surface area contributed by atoms with Crippen molar-refractivity contribution in [3.8, 4) is 5.69 Å². The predicted molar refractivity (Wildman–Crippen MR) is 98.8 cm³/mol. The number of ketones is 1. The molecule has 2 aromatic carbocycles. The van der Waals surface area contributed by atoms with Gasteiger partial charge in [-0.1, -0.05) is 42.3 Å². The Kier molecular flexibility index (Phi) is 5.23. The Morgan fingerprint density at radius 3 is 2.60 bits per heavy atom. The largest absolute Gasteiger partial charge is 0.388 e. The zero-order valence-electron chi connectivity index (χ0n) is 13.5. The SMILES string of the molecule is CCc1cnc(CO)n1-c1ccc(Cl)cc1C(=O)c1ccccc1Cl. The van der Waals surface area contributed by atoms with Crippen molar-refractivity contribution in [3.05, 3.63) is 81.4 Å². The number of hydrogen-bond acceptors (Lipinski definition) is 3. The maximum Gasteiger partial charge on any atom is 0.196 e. The molecule has 0 fully saturated rings. The Morgan fingerprint density at radius 2 is 1.92 bits per heavy atom. The van der Waals surface area contributed by atoms with E-state index in [1.807, 2.05) is 6.92 Å². The number of nitrogens with zero attached hydrogens (tertiary/aromatic N) is 2. The van der Waals surface area contributed by atoms with Crippen molar-refractivity contribution in [3.63, 3.8) is 0 Å². The summed E-state index contributed by atoms with van der Waals surface area (Å²) in [4.78, 5) is 17.3. The molecule has 4 nitrogen and oxygen atoms in total. The summed E-state index contributed by atoms with van der Waals surface area (Å²) in [6.07, 6.45) is 2.40. The van der Waals surface area contributed by atoms with Crippen molar-refractivity contribution in [2.24, 2.45) is 0 Å². The molecule has 3 aromatic rings. The van der Waals surface area contributed by atoms with Gasteiger partial charge in [-0.25, -0.2) is 4.98 Å². The van der Waals surface area contributed by atoms with E-state index >= 15 is 0 Å². The van der Waals surface area contributed by atoms with Gasteiger partial charge in [-0.3, -0.25) is 9.36 Å². The lowest BCUT2D eigenvalue weighted by molar-refractivity contribution is 0.103. The molecule has 0 bridgehead atoms. The first kappa shape index (κ1) is 17.7. The summed E-state index contributed by atoms with van der Waals surface area (Å²) < 4.78 is 1.79. The van der Waals surface area contributed by atoms with Gasteiger partial charge in [0.2, 0.25) is 0 Å². The van der Waals surface area contributed by atoms with Gasteiger partial charge in [-0.2, -0.15) is 0 Å². The van der Waals surface area contributed by atoms with Gasteiger partial charge >= 0.3 is 0 Å². The number of carbonyl (C=O) groups excluding carboxylic acids is 1. The number of carbonyl (C=O) groups is 1. The second kappa shape index (κ2) is 7.40. The molecular formula is C19H16Cl2N2O2. The maximum atomic E-state index is 13.1. The average molecular weight is 375 g/mol. The number of aromatic nitrogens is 2. The van der Waals surface area contributed by atoms with Gasteiger partial charge < -0.3 is 5.11 Å². The smallest absolute Gasteiger partial charge is 0.196 e. The highest BCUT2D eigenvalue weighted by Gasteiger charge is 2.20. The Balaban J connectivity index is 2.23. The summed E-state index contributed by atoms with van der Waals surface area (Å²) in [5, 5.41) is 10.4. The van der Waals surface area contributed by atoms with Crippen LogP contribution in [0.2, 0.25) is 10.0 Å². The van der Waals surface area contributed by atoms with Crippen LogP contribution in [0.3, 0.4) is 0 Å². The minimum atomic E-state index is -0.234. The summed E-state index contributed by atoms with van der Waals surface area (Å²) in [6.45, 7) is 1.75. The second-order valence-corrected chi connectivity index (χ2v) is 6.33. The molecule has 0 saturated heterocycles. The molecule has 3 rings (SSSR count). The third kappa shape index (κ3) is 3.33. The van der Waals surface area contributed by atoms with Crippen LogP contribution in [0.1, 0.15) is 34.4 Å². The summed E-state index contributed by atoms with van der Waals surface area (Å²) in [6, 6.07) is 12.0. The summed E-state index contributed by atoms with van der Waals surface area (Å²) >= 11 is 12.3. The fraction of sp³-hybridized carbons (Fsp3) is 0.158. The Bertz CT molecular complexity index is 913. The molecule has 1 aromatic heterocycles.